The Morgan fingerprint density at radius 2 is 0.291 bits per heavy atom. The highest BCUT2D eigenvalue weighted by molar-refractivity contribution is 7.88. The highest BCUT2D eigenvalue weighted by Gasteiger charge is 2.62. The van der Waals surface area contributed by atoms with Crippen molar-refractivity contribution < 1.29 is 236 Å². The topological polar surface area (TPSA) is 749 Å². The Morgan fingerprint density at radius 3 is 0.405 bits per heavy atom. The molecule has 5 aromatic rings. The summed E-state index contributed by atoms with van der Waals surface area (Å²) in [7, 11) is -25.1. The number of aliphatic hydroxyl groups excluding tert-OH is 19. The Bertz CT molecular complexity index is 5890. The van der Waals surface area contributed by atoms with Crippen molar-refractivity contribution >= 4 is 50.6 Å². The molecule has 148 heavy (non-hydrogen) atoms. The lowest BCUT2D eigenvalue weighted by atomic mass is 9.94. The van der Waals surface area contributed by atoms with Gasteiger partial charge in [0.15, 0.2) is 50.3 Å². The molecule has 0 radical (unpaired) electrons. The third-order valence-electron chi connectivity index (χ3n) is 27.2. The van der Waals surface area contributed by atoms with Crippen LogP contribution in [0.15, 0.2) is 85.1 Å². The average molecular weight is 2210 g/mol. The van der Waals surface area contributed by atoms with E-state index < -0.39 is 369 Å². The summed E-state index contributed by atoms with van der Waals surface area (Å²) in [5, 5.41) is 231. The van der Waals surface area contributed by atoms with Crippen molar-refractivity contribution in [1.29, 1.82) is 0 Å². The summed E-state index contributed by atoms with van der Waals surface area (Å²) >= 11 is 0. The van der Waals surface area contributed by atoms with Crippen molar-refractivity contribution in [2.75, 3.05) is 52.9 Å². The standard InChI is InChI=1S/C93H130O50S5/c1-34-16-39(6)81(40(7)17-34)144(113,114)123-29-52-76-62(102)70(110)91(133-52)141-78-54(31-125-146(117,118)83-43(10)20-36(3)21-44(83)11)132-90(69(109)61(78)101)138-75-51(28-96)130-88(67(107)59(75)99)140-77-53(30-124-145(115,116)82-41(8)18-35(2)19-42(82)9)134-92(71(111)63(77)103)143-80-56(33-127-148(121,122)85-47(14)24-38(5)25-48(85)15)135-93(72(112)64(80)104)142-79-55(32-126-147(119,120)84-45(12)22-37(4)23-46(84)13)131-89(68(108)60(79)100)137-74-50(27-95)128-86(65(105)57(74)97)136-73-49(26-94)129-87(139-76)66(106)58(73)98/h16-25,49-80,86-112H,26-33H2,1-15H3. The van der Waals surface area contributed by atoms with Crippen LogP contribution < -0.4 is 0 Å². The first-order valence-electron chi connectivity index (χ1n) is 47.3. The van der Waals surface area contributed by atoms with Crippen LogP contribution >= 0.6 is 0 Å². The van der Waals surface area contributed by atoms with E-state index in [1.165, 1.54) is 130 Å². The number of rotatable bonds is 23. The van der Waals surface area contributed by atoms with Crippen molar-refractivity contribution in [3.05, 3.63) is 144 Å². The second-order valence-electron chi connectivity index (χ2n) is 38.9. The van der Waals surface area contributed by atoms with Gasteiger partial charge in [0.1, 0.15) is 195 Å². The molecule has 40 atom stereocenters. The highest BCUT2D eigenvalue weighted by Crippen LogP contribution is 2.44. The van der Waals surface area contributed by atoms with Crippen LogP contribution in [0.1, 0.15) is 83.5 Å². The molecule has 19 N–H and O–H groups in total. The molecular weight excluding hydrogens is 2080 g/mol. The first kappa shape index (κ1) is 118. The van der Waals surface area contributed by atoms with Gasteiger partial charge in [-0.3, -0.25) is 20.9 Å². The Balaban J connectivity index is 0.852. The monoisotopic (exact) mass is 2210 g/mol. The molecule has 30 aliphatic rings. The molecule has 0 spiro atoms. The molecule has 30 saturated heterocycles. The molecule has 0 amide bonds. The second-order valence-corrected chi connectivity index (χ2v) is 46.6. The highest BCUT2D eigenvalue weighted by atomic mass is 32.2. The Morgan fingerprint density at radius 1 is 0.182 bits per heavy atom. The summed E-state index contributed by atoms with van der Waals surface area (Å²) in [6.07, 6.45) is -96.5. The van der Waals surface area contributed by atoms with E-state index in [1.807, 2.05) is 0 Å². The maximum absolute atomic E-state index is 14.6. The summed E-state index contributed by atoms with van der Waals surface area (Å²) in [6, 6.07) is 14.9. The minimum Gasteiger partial charge on any atom is -0.394 e. The molecule has 55 heteroatoms. The van der Waals surface area contributed by atoms with Gasteiger partial charge in [-0.05, 0) is 159 Å². The molecule has 30 fully saturated rings. The Hall–Kier alpha value is -5.75. The molecule has 30 heterocycles. The normalized spacial score (nSPS) is 38.3. The summed E-state index contributed by atoms with van der Waals surface area (Å²) in [4.78, 5) is -1.98. The number of hydrogen-bond acceptors (Lipinski definition) is 50. The maximum Gasteiger partial charge on any atom is 0.297 e. The number of ether oxygens (including phenoxy) is 16. The number of benzene rings is 5. The fourth-order valence-electron chi connectivity index (χ4n) is 20.7. The van der Waals surface area contributed by atoms with Crippen LogP contribution in [0.4, 0.5) is 0 Å². The maximum atomic E-state index is 14.6. The van der Waals surface area contributed by atoms with Crippen LogP contribution in [0.2, 0.25) is 0 Å². The van der Waals surface area contributed by atoms with Gasteiger partial charge in [0.05, 0.1) is 77.3 Å². The fourth-order valence-corrected chi connectivity index (χ4v) is 27.4. The predicted molar refractivity (Wildman–Crippen MR) is 495 cm³/mol. The van der Waals surface area contributed by atoms with Gasteiger partial charge in [-0.15, -0.1) is 0 Å². The van der Waals surface area contributed by atoms with Gasteiger partial charge in [-0.2, -0.15) is 42.1 Å². The number of aliphatic hydroxyl groups is 19. The zero-order valence-electron chi connectivity index (χ0n) is 82.7. The molecule has 0 aliphatic carbocycles. The molecule has 40 unspecified atom stereocenters. The molecule has 35 rings (SSSR count). The summed E-state index contributed by atoms with van der Waals surface area (Å²) < 4.78 is 272. The van der Waals surface area contributed by atoms with E-state index in [0.717, 1.165) is 0 Å². The van der Waals surface area contributed by atoms with Gasteiger partial charge in [0.25, 0.3) is 50.6 Å². The minimum absolute atomic E-state index is 0.132. The Labute approximate surface area is 852 Å². The van der Waals surface area contributed by atoms with Crippen molar-refractivity contribution in [1.82, 2.24) is 0 Å². The number of aryl methyl sites for hydroxylation is 15. The second kappa shape index (κ2) is 47.0. The SMILES string of the molecule is Cc1cc(C)c(S(=O)(=O)OCC2OC3OC4C(COS(=O)(=O)c5c(C)cc(C)cc5C)OC(OC5C(CO)OC(OC6C(COS(=O)(=O)c7c(C)cc(C)cc7C)OC(OC7C(COS(=O)(=O)c8c(C)cc(C)cc8C)OC(OC8C(COS(=O)(=O)c9c(C)cc(C)cc9C)OC(OC9C(CO)OC(OC%10C(CO)OC(OC2C(O)C3O)C(O)C%10O)C(O)C9O)C(O)C8O)C(O)C7O)C(O)C6O)C(O)C5O)C(O)C4O)c(C)c1. The molecule has 16 bridgehead atoms. The molecule has 5 aromatic carbocycles. The van der Waals surface area contributed by atoms with Gasteiger partial charge in [0.2, 0.25) is 0 Å². The third-order valence-corrected chi connectivity index (χ3v) is 35.2. The van der Waals surface area contributed by atoms with Crippen molar-refractivity contribution in [2.45, 2.75) is 374 Å². The van der Waals surface area contributed by atoms with Crippen LogP contribution in [-0.4, -0.2) is 438 Å². The summed E-state index contributed by atoms with van der Waals surface area (Å²) in [5.74, 6) is 0. The van der Waals surface area contributed by atoms with Gasteiger partial charge >= 0.3 is 0 Å². The molecule has 30 aliphatic heterocycles. The fraction of sp³-hybridized carbons (Fsp3) is 0.677. The van der Waals surface area contributed by atoms with E-state index in [9.17, 15) is 139 Å². The summed E-state index contributed by atoms with van der Waals surface area (Å²) in [6.45, 7) is 12.1. The number of hydrogen-bond donors (Lipinski definition) is 19. The first-order valence-corrected chi connectivity index (χ1v) is 54.3. The van der Waals surface area contributed by atoms with Crippen molar-refractivity contribution in [2.24, 2.45) is 0 Å². The zero-order chi connectivity index (χ0) is 109. The quantitative estimate of drug-likeness (QED) is 0.0271. The van der Waals surface area contributed by atoms with Crippen molar-refractivity contribution in [3.63, 3.8) is 0 Å². The van der Waals surface area contributed by atoms with Crippen LogP contribution in [0, 0.1) is 104 Å². The molecule has 0 saturated carbocycles. The van der Waals surface area contributed by atoms with E-state index in [4.69, 9.17) is 96.7 Å². The van der Waals surface area contributed by atoms with Crippen LogP contribution in [-0.2, 0) is 147 Å². The average Bonchev–Trinajstić information content (AvgIpc) is 0.757. The van der Waals surface area contributed by atoms with Crippen LogP contribution in [0.3, 0.4) is 0 Å². The lowest BCUT2D eigenvalue weighted by Crippen LogP contribution is -2.69. The first-order chi connectivity index (χ1) is 69.2. The molecule has 0 aromatic heterocycles. The molecular formula is C93H130O50S5. The van der Waals surface area contributed by atoms with E-state index in [2.05, 4.69) is 0 Å². The summed E-state index contributed by atoms with van der Waals surface area (Å²) in [5.41, 5.74) is 4.44. The zero-order valence-corrected chi connectivity index (χ0v) is 86.8. The van der Waals surface area contributed by atoms with Gasteiger partial charge < -0.3 is 173 Å². The van der Waals surface area contributed by atoms with Crippen LogP contribution in [0.25, 0.3) is 0 Å². The van der Waals surface area contributed by atoms with E-state index in [0.29, 0.717) is 27.8 Å². The van der Waals surface area contributed by atoms with E-state index >= 15 is 0 Å². The van der Waals surface area contributed by atoms with E-state index in [-0.39, 0.29) is 60.5 Å². The lowest BCUT2D eigenvalue weighted by Gasteiger charge is -2.50. The van der Waals surface area contributed by atoms with Crippen molar-refractivity contribution in [3.8, 4) is 0 Å². The minimum atomic E-state index is -5.05. The lowest BCUT2D eigenvalue weighted by molar-refractivity contribution is -0.403. The predicted octanol–water partition coefficient (Wildman–Crippen LogP) is -5.71. The molecule has 50 nitrogen and oxygen atoms in total. The van der Waals surface area contributed by atoms with Crippen LogP contribution in [0.5, 0.6) is 0 Å². The van der Waals surface area contributed by atoms with E-state index in [1.54, 1.807) is 34.6 Å². The van der Waals surface area contributed by atoms with Gasteiger partial charge in [-0.1, -0.05) is 88.5 Å². The molecule has 832 valence electrons. The third kappa shape index (κ3) is 24.6. The largest absolute Gasteiger partial charge is 0.394 e. The van der Waals surface area contributed by atoms with Gasteiger partial charge in [0, 0.05) is 0 Å². The van der Waals surface area contributed by atoms with Gasteiger partial charge in [-0.25, -0.2) is 0 Å². The smallest absolute Gasteiger partial charge is 0.297 e. The Kier molecular flexibility index (Phi) is 37.4.